The molecule has 0 amide bonds. The van der Waals surface area contributed by atoms with Gasteiger partial charge in [-0.2, -0.15) is 0 Å². The summed E-state index contributed by atoms with van der Waals surface area (Å²) in [4.78, 5) is 0. The average Bonchev–Trinajstić information content (AvgIpc) is 4.11. The van der Waals surface area contributed by atoms with Crippen LogP contribution in [0.1, 0.15) is 197 Å². The minimum Gasteiger partial charge on any atom is -0.393 e. The Hall–Kier alpha value is -0.310. The fraction of sp³-hybridized carbons (Fsp3) is 1.00. The van der Waals surface area contributed by atoms with Gasteiger partial charge in [-0.15, -0.1) is 0 Å². The minimum atomic E-state index is -1.09. The van der Waals surface area contributed by atoms with E-state index in [2.05, 4.69) is 52.2 Å². The lowest BCUT2D eigenvalue weighted by molar-refractivity contribution is 0.0203. The van der Waals surface area contributed by atoms with Gasteiger partial charge in [-0.3, -0.25) is 10.6 Å². The number of aliphatic hydroxyl groups excluding tert-OH is 3. The number of aliphatic hydroxyl groups is 3. The molecule has 6 aliphatic carbocycles. The van der Waals surface area contributed by atoms with Crippen molar-refractivity contribution in [2.24, 2.45) is 99.9 Å². The summed E-state index contributed by atoms with van der Waals surface area (Å²) in [5.41, 5.74) is 5.72. The number of hydrogen-bond donors (Lipinski definition) is 6. The van der Waals surface area contributed by atoms with E-state index in [1.807, 2.05) is 6.92 Å². The van der Waals surface area contributed by atoms with Crippen molar-refractivity contribution in [3.05, 3.63) is 0 Å². The van der Waals surface area contributed by atoms with E-state index in [0.29, 0.717) is 95.3 Å². The standard InChI is InChI=1S/C54H98FN3O3/c1-31(52(61)34(4)47-29-48(47)40-12-10-11-39(25-40)36(6)56)13-22-46(37(7)59)33(3)32(2)38-14-18-44(19-15-38)57-51-28-41(27-50(58-51)49-26-42(49)30-53(8,9)55)35(5)54(23-24-54)43-16-20-45(60)21-17-43/h31-52,57-61H,10-30,56H2,1-9H3. The lowest BCUT2D eigenvalue weighted by atomic mass is 9.65. The number of nitrogens with two attached hydrogens (primary N) is 1. The van der Waals surface area contributed by atoms with Crippen molar-refractivity contribution >= 4 is 0 Å². The fourth-order valence-electron chi connectivity index (χ4n) is 15.8. The fourth-order valence-corrected chi connectivity index (χ4v) is 15.8. The predicted molar refractivity (Wildman–Crippen MR) is 250 cm³/mol. The largest absolute Gasteiger partial charge is 0.393 e. The molecule has 0 aromatic rings. The van der Waals surface area contributed by atoms with Crippen molar-refractivity contribution in [1.29, 1.82) is 0 Å². The number of rotatable bonds is 20. The molecule has 7 rings (SSSR count). The van der Waals surface area contributed by atoms with E-state index in [1.165, 1.54) is 103 Å². The summed E-state index contributed by atoms with van der Waals surface area (Å²) >= 11 is 0. The van der Waals surface area contributed by atoms with Crippen molar-refractivity contribution in [2.45, 2.75) is 245 Å². The van der Waals surface area contributed by atoms with E-state index < -0.39 is 5.67 Å². The maximum atomic E-state index is 14.8. The Bertz CT molecular complexity index is 1350. The van der Waals surface area contributed by atoms with E-state index in [9.17, 15) is 19.7 Å². The summed E-state index contributed by atoms with van der Waals surface area (Å²) in [6.45, 7) is 19.8. The lowest BCUT2D eigenvalue weighted by Crippen LogP contribution is -2.58. The molecule has 0 radical (unpaired) electrons. The first-order valence-electron chi connectivity index (χ1n) is 26.9. The van der Waals surface area contributed by atoms with Crippen LogP contribution in [0.25, 0.3) is 0 Å². The van der Waals surface area contributed by atoms with Gasteiger partial charge in [0.1, 0.15) is 5.67 Å². The molecule has 354 valence electrons. The highest BCUT2D eigenvalue weighted by molar-refractivity contribution is 5.08. The van der Waals surface area contributed by atoms with Crippen LogP contribution in [0.4, 0.5) is 4.39 Å². The van der Waals surface area contributed by atoms with Crippen molar-refractivity contribution in [3.63, 3.8) is 0 Å². The van der Waals surface area contributed by atoms with Gasteiger partial charge in [-0.1, -0.05) is 47.5 Å². The Kier molecular flexibility index (Phi) is 16.2. The first-order chi connectivity index (χ1) is 28.8. The van der Waals surface area contributed by atoms with Gasteiger partial charge in [0.25, 0.3) is 0 Å². The molecule has 7 aliphatic rings. The van der Waals surface area contributed by atoms with Gasteiger partial charge in [-0.25, -0.2) is 4.39 Å². The molecule has 6 saturated carbocycles. The number of piperidine rings is 1. The number of nitrogens with one attached hydrogen (secondary N) is 2. The number of hydrogen-bond acceptors (Lipinski definition) is 6. The van der Waals surface area contributed by atoms with Crippen molar-refractivity contribution < 1.29 is 19.7 Å². The third-order valence-electron chi connectivity index (χ3n) is 20.5. The Labute approximate surface area is 374 Å². The Morgan fingerprint density at radius 1 is 0.754 bits per heavy atom. The Morgan fingerprint density at radius 3 is 2.07 bits per heavy atom. The van der Waals surface area contributed by atoms with Crippen LogP contribution in [0.15, 0.2) is 0 Å². The molecular weight excluding hydrogens is 758 g/mol. The number of halogens is 1. The van der Waals surface area contributed by atoms with Gasteiger partial charge in [0, 0.05) is 18.1 Å². The molecule has 1 aliphatic heterocycles. The van der Waals surface area contributed by atoms with Crippen LogP contribution in [-0.2, 0) is 0 Å². The zero-order valence-electron chi connectivity index (χ0n) is 40.8. The summed E-state index contributed by atoms with van der Waals surface area (Å²) in [6, 6.07) is 1.32. The van der Waals surface area contributed by atoms with Crippen LogP contribution in [0, 0.1) is 94.2 Å². The lowest BCUT2D eigenvalue weighted by Gasteiger charge is -2.46. The van der Waals surface area contributed by atoms with E-state index in [0.717, 1.165) is 43.4 Å². The third-order valence-corrected chi connectivity index (χ3v) is 20.5. The Morgan fingerprint density at radius 2 is 1.44 bits per heavy atom. The first kappa shape index (κ1) is 48.6. The van der Waals surface area contributed by atoms with Gasteiger partial charge in [0.15, 0.2) is 0 Å². The predicted octanol–water partition coefficient (Wildman–Crippen LogP) is 11.0. The van der Waals surface area contributed by atoms with Crippen LogP contribution in [0.5, 0.6) is 0 Å². The van der Waals surface area contributed by atoms with Crippen LogP contribution < -0.4 is 16.4 Å². The molecule has 7 heteroatoms. The molecule has 7 fully saturated rings. The summed E-state index contributed by atoms with van der Waals surface area (Å²) in [6.07, 6.45) is 24.5. The smallest absolute Gasteiger partial charge is 0.105 e. The average molecular weight is 856 g/mol. The molecular formula is C54H98FN3O3. The van der Waals surface area contributed by atoms with Gasteiger partial charge in [0.05, 0.1) is 24.5 Å². The molecule has 61 heavy (non-hydrogen) atoms. The molecule has 18 atom stereocenters. The quantitative estimate of drug-likeness (QED) is 0.0728. The maximum absolute atomic E-state index is 14.8. The molecule has 0 aromatic carbocycles. The van der Waals surface area contributed by atoms with Crippen LogP contribution in [-0.4, -0.2) is 63.6 Å². The second-order valence-corrected chi connectivity index (χ2v) is 25.1. The van der Waals surface area contributed by atoms with Crippen LogP contribution >= 0.6 is 0 Å². The molecule has 0 bridgehead atoms. The highest BCUT2D eigenvalue weighted by atomic mass is 19.1. The van der Waals surface area contributed by atoms with E-state index in [1.54, 1.807) is 13.8 Å². The minimum absolute atomic E-state index is 0.0872. The zero-order chi connectivity index (χ0) is 44.0. The van der Waals surface area contributed by atoms with Crippen LogP contribution in [0.2, 0.25) is 0 Å². The van der Waals surface area contributed by atoms with Gasteiger partial charge in [-0.05, 0) is 244 Å². The summed E-state index contributed by atoms with van der Waals surface area (Å²) < 4.78 is 14.8. The third kappa shape index (κ3) is 12.0. The molecule has 1 saturated heterocycles. The second kappa shape index (κ2) is 20.3. The van der Waals surface area contributed by atoms with E-state index in [-0.39, 0.29) is 30.1 Å². The molecule has 7 N–H and O–H groups in total. The van der Waals surface area contributed by atoms with Crippen LogP contribution in [0.3, 0.4) is 0 Å². The normalized spacial score (nSPS) is 42.3. The highest BCUT2D eigenvalue weighted by Crippen LogP contribution is 2.64. The molecule has 6 nitrogen and oxygen atoms in total. The van der Waals surface area contributed by atoms with Gasteiger partial charge >= 0.3 is 0 Å². The van der Waals surface area contributed by atoms with Gasteiger partial charge < -0.3 is 21.1 Å². The van der Waals surface area contributed by atoms with Crippen molar-refractivity contribution in [1.82, 2.24) is 10.6 Å². The van der Waals surface area contributed by atoms with Crippen molar-refractivity contribution in [3.8, 4) is 0 Å². The van der Waals surface area contributed by atoms with E-state index >= 15 is 0 Å². The molecule has 0 spiro atoms. The first-order valence-corrected chi connectivity index (χ1v) is 26.9. The summed E-state index contributed by atoms with van der Waals surface area (Å²) in [5, 5.41) is 41.5. The monoisotopic (exact) mass is 856 g/mol. The number of alkyl halides is 1. The molecule has 18 unspecified atom stereocenters. The SMILES string of the molecule is CC(N)C1CCCC(C2CC2C(C)C(O)C(C)CCC(C(C)O)C(C)C(C)C2CCC(NC3CC(C(C)C4(C5CCC(O)CC5)CC4)CC(C4CC4CC(C)(C)F)N3)CC2)C1. The van der Waals surface area contributed by atoms with E-state index in [4.69, 9.17) is 5.73 Å². The topological polar surface area (TPSA) is 111 Å². The van der Waals surface area contributed by atoms with Crippen molar-refractivity contribution in [2.75, 3.05) is 0 Å². The zero-order valence-corrected chi connectivity index (χ0v) is 40.8. The molecule has 1 heterocycles. The molecule has 0 aromatic heterocycles. The summed E-state index contributed by atoms with van der Waals surface area (Å²) in [5.74, 6) is 8.76. The highest BCUT2D eigenvalue weighted by Gasteiger charge is 2.57. The Balaban J connectivity index is 0.885. The van der Waals surface area contributed by atoms with Gasteiger partial charge in [0.2, 0.25) is 0 Å². The summed E-state index contributed by atoms with van der Waals surface area (Å²) in [7, 11) is 0. The maximum Gasteiger partial charge on any atom is 0.105 e. The second-order valence-electron chi connectivity index (χ2n) is 25.1.